The van der Waals surface area contributed by atoms with Gasteiger partial charge in [0, 0.05) is 0 Å². The molecule has 0 heterocycles. The van der Waals surface area contributed by atoms with Crippen molar-refractivity contribution in [3.05, 3.63) is 0 Å². The zero-order valence-electron chi connectivity index (χ0n) is 6.87. The Balaban J connectivity index is 0. The smallest absolute Gasteiger partial charge is 0.726 e. The Labute approximate surface area is 126 Å². The van der Waals surface area contributed by atoms with Crippen molar-refractivity contribution < 1.29 is 86.0 Å². The molecule has 0 aromatic rings. The van der Waals surface area contributed by atoms with Gasteiger partial charge in [-0.3, -0.25) is 4.18 Å². The Hall–Kier alpha value is 1.92. The Kier molecular flexibility index (Phi) is 11.9. The summed E-state index contributed by atoms with van der Waals surface area (Å²) in [7, 11) is -4.45. The van der Waals surface area contributed by atoms with Crippen LogP contribution in [0.5, 0.6) is 0 Å². The van der Waals surface area contributed by atoms with Crippen LogP contribution in [-0.4, -0.2) is 19.6 Å². The van der Waals surface area contributed by atoms with Crippen LogP contribution in [0.15, 0.2) is 0 Å². The molecule has 0 bridgehead atoms. The predicted octanol–water partition coefficient (Wildman–Crippen LogP) is -2.34. The first-order valence-corrected chi connectivity index (χ1v) is 4.50. The quantitative estimate of drug-likeness (QED) is 0.324. The first kappa shape index (κ1) is 15.4. The van der Waals surface area contributed by atoms with Gasteiger partial charge in [-0.05, 0) is 6.42 Å². The summed E-state index contributed by atoms with van der Waals surface area (Å²) < 4.78 is 33.4. The summed E-state index contributed by atoms with van der Waals surface area (Å²) in [4.78, 5) is 0. The minimum absolute atomic E-state index is 0. The second-order valence-electron chi connectivity index (χ2n) is 1.94. The molecular formula is C5H11CsO4S. The zero-order valence-corrected chi connectivity index (χ0v) is 14.0. The molecule has 11 heavy (non-hydrogen) atoms. The van der Waals surface area contributed by atoms with E-state index in [2.05, 4.69) is 4.18 Å². The number of unbranched alkanes of at least 4 members (excludes halogenated alkanes) is 2. The molecule has 0 aromatic carbocycles. The van der Waals surface area contributed by atoms with Gasteiger partial charge in [0.2, 0.25) is 10.4 Å². The van der Waals surface area contributed by atoms with E-state index < -0.39 is 10.4 Å². The van der Waals surface area contributed by atoms with E-state index >= 15 is 0 Å². The van der Waals surface area contributed by atoms with Gasteiger partial charge in [0.15, 0.2) is 0 Å². The first-order chi connectivity index (χ1) is 4.56. The van der Waals surface area contributed by atoms with Crippen LogP contribution in [0, 0.1) is 0 Å². The molecule has 0 aliphatic rings. The second-order valence-corrected chi connectivity index (χ2v) is 2.99. The molecule has 0 N–H and O–H groups in total. The van der Waals surface area contributed by atoms with Gasteiger partial charge in [0.25, 0.3) is 0 Å². The Bertz CT molecular complexity index is 165. The number of hydrogen-bond acceptors (Lipinski definition) is 4. The van der Waals surface area contributed by atoms with Crippen LogP contribution in [0.1, 0.15) is 26.2 Å². The van der Waals surface area contributed by atoms with Crippen molar-refractivity contribution in [3.63, 3.8) is 0 Å². The molecule has 0 radical (unpaired) electrons. The summed E-state index contributed by atoms with van der Waals surface area (Å²) >= 11 is 0. The molecule has 4 nitrogen and oxygen atoms in total. The van der Waals surface area contributed by atoms with Crippen molar-refractivity contribution in [2.75, 3.05) is 6.61 Å². The Morgan fingerprint density at radius 1 is 1.36 bits per heavy atom. The Morgan fingerprint density at radius 2 is 1.91 bits per heavy atom. The molecule has 0 fully saturated rings. The summed E-state index contributed by atoms with van der Waals surface area (Å²) in [5.41, 5.74) is 0. The number of hydrogen-bond donors (Lipinski definition) is 0. The fraction of sp³-hybridized carbons (Fsp3) is 1.00. The molecule has 0 aliphatic heterocycles. The van der Waals surface area contributed by atoms with E-state index in [9.17, 15) is 13.0 Å². The SMILES string of the molecule is CCCCCOS(=O)(=O)[O-].[Cs+]. The Morgan fingerprint density at radius 3 is 2.27 bits per heavy atom. The van der Waals surface area contributed by atoms with Crippen molar-refractivity contribution in [1.29, 1.82) is 0 Å². The topological polar surface area (TPSA) is 66.4 Å². The summed E-state index contributed by atoms with van der Waals surface area (Å²) in [5.74, 6) is 0. The average Bonchev–Trinajstić information content (AvgIpc) is 1.78. The fourth-order valence-electron chi connectivity index (χ4n) is 0.513. The molecule has 0 aromatic heterocycles. The molecule has 0 aliphatic carbocycles. The van der Waals surface area contributed by atoms with Gasteiger partial charge in [0.05, 0.1) is 6.61 Å². The largest absolute Gasteiger partial charge is 1.00 e. The van der Waals surface area contributed by atoms with Gasteiger partial charge in [-0.1, -0.05) is 19.8 Å². The third-order valence-electron chi connectivity index (χ3n) is 0.976. The van der Waals surface area contributed by atoms with Gasteiger partial charge in [0.1, 0.15) is 0 Å². The van der Waals surface area contributed by atoms with Crippen molar-refractivity contribution >= 4 is 10.4 Å². The first-order valence-electron chi connectivity index (χ1n) is 3.16. The molecule has 0 unspecified atom stereocenters. The van der Waals surface area contributed by atoms with E-state index in [4.69, 9.17) is 0 Å². The maximum Gasteiger partial charge on any atom is 1.00 e. The maximum atomic E-state index is 9.82. The molecule has 0 saturated carbocycles. The van der Waals surface area contributed by atoms with E-state index in [1.54, 1.807) is 0 Å². The van der Waals surface area contributed by atoms with E-state index in [-0.39, 0.29) is 75.5 Å². The van der Waals surface area contributed by atoms with E-state index in [1.807, 2.05) is 6.92 Å². The van der Waals surface area contributed by atoms with Gasteiger partial charge < -0.3 is 4.55 Å². The minimum Gasteiger partial charge on any atom is -0.726 e. The van der Waals surface area contributed by atoms with E-state index in [0.717, 1.165) is 12.8 Å². The zero-order chi connectivity index (χ0) is 8.04. The van der Waals surface area contributed by atoms with Crippen molar-refractivity contribution in [2.24, 2.45) is 0 Å². The van der Waals surface area contributed by atoms with Crippen molar-refractivity contribution in [3.8, 4) is 0 Å². The third-order valence-corrected chi connectivity index (χ3v) is 1.43. The average molecular weight is 300 g/mol. The van der Waals surface area contributed by atoms with Gasteiger partial charge in [-0.15, -0.1) is 0 Å². The molecular weight excluding hydrogens is 289 g/mol. The molecule has 6 heteroatoms. The van der Waals surface area contributed by atoms with Gasteiger partial charge in [-0.2, -0.15) is 0 Å². The van der Waals surface area contributed by atoms with E-state index in [1.165, 1.54) is 0 Å². The summed E-state index contributed by atoms with van der Waals surface area (Å²) in [6.07, 6.45) is 2.48. The summed E-state index contributed by atoms with van der Waals surface area (Å²) in [6, 6.07) is 0. The second kappa shape index (κ2) is 8.52. The monoisotopic (exact) mass is 300 g/mol. The van der Waals surface area contributed by atoms with Crippen LogP contribution in [-0.2, 0) is 14.6 Å². The van der Waals surface area contributed by atoms with Crippen LogP contribution >= 0.6 is 0 Å². The van der Waals surface area contributed by atoms with Crippen LogP contribution in [0.2, 0.25) is 0 Å². The maximum absolute atomic E-state index is 9.82. The third kappa shape index (κ3) is 14.7. The predicted molar refractivity (Wildman–Crippen MR) is 35.2 cm³/mol. The molecule has 0 atom stereocenters. The molecule has 0 spiro atoms. The standard InChI is InChI=1S/C5H12O4S.Cs/c1-2-3-4-5-9-10(6,7)8;/h2-5H2,1H3,(H,6,7,8);/q;+1/p-1. The van der Waals surface area contributed by atoms with Crippen molar-refractivity contribution in [1.82, 2.24) is 0 Å². The van der Waals surface area contributed by atoms with E-state index in [0.29, 0.717) is 6.42 Å². The number of rotatable bonds is 5. The normalized spacial score (nSPS) is 10.7. The van der Waals surface area contributed by atoms with Crippen LogP contribution in [0.4, 0.5) is 0 Å². The van der Waals surface area contributed by atoms with Gasteiger partial charge >= 0.3 is 68.9 Å². The molecule has 62 valence electrons. The van der Waals surface area contributed by atoms with Crippen LogP contribution < -0.4 is 68.9 Å². The molecule has 0 amide bonds. The van der Waals surface area contributed by atoms with Crippen LogP contribution in [0.3, 0.4) is 0 Å². The molecule has 0 rings (SSSR count). The fourth-order valence-corrected chi connectivity index (χ4v) is 0.835. The van der Waals surface area contributed by atoms with Gasteiger partial charge in [-0.25, -0.2) is 8.42 Å². The summed E-state index contributed by atoms with van der Waals surface area (Å²) in [5, 5.41) is 0. The molecule has 0 saturated heterocycles. The minimum atomic E-state index is -4.45. The van der Waals surface area contributed by atoms with Crippen molar-refractivity contribution in [2.45, 2.75) is 26.2 Å². The van der Waals surface area contributed by atoms with Crippen LogP contribution in [0.25, 0.3) is 0 Å². The summed E-state index contributed by atoms with van der Waals surface area (Å²) in [6.45, 7) is 1.99.